The van der Waals surface area contributed by atoms with Gasteiger partial charge in [0.1, 0.15) is 5.82 Å². The summed E-state index contributed by atoms with van der Waals surface area (Å²) in [6.45, 7) is 1.67. The third kappa shape index (κ3) is 3.24. The molecule has 0 saturated carbocycles. The molecular weight excluding hydrogens is 202 g/mol. The van der Waals surface area contributed by atoms with Crippen LogP contribution in [0.15, 0.2) is 24.3 Å². The van der Waals surface area contributed by atoms with Crippen molar-refractivity contribution in [1.29, 1.82) is 0 Å². The number of hydrogen-bond acceptors (Lipinski definition) is 1. The van der Waals surface area contributed by atoms with E-state index in [0.717, 1.165) is 0 Å². The highest BCUT2D eigenvalue weighted by Crippen LogP contribution is 2.40. The van der Waals surface area contributed by atoms with E-state index >= 15 is 0 Å². The quantitative estimate of drug-likeness (QED) is 0.785. The van der Waals surface area contributed by atoms with E-state index in [9.17, 15) is 13.8 Å². The van der Waals surface area contributed by atoms with Gasteiger partial charge < -0.3 is 4.89 Å². The Bertz CT molecular complexity index is 352. The van der Waals surface area contributed by atoms with Crippen molar-refractivity contribution in [2.24, 2.45) is 0 Å². The highest BCUT2D eigenvalue weighted by Gasteiger charge is 2.15. The molecule has 1 N–H and O–H groups in total. The van der Waals surface area contributed by atoms with E-state index in [1.165, 1.54) is 6.07 Å². The van der Waals surface area contributed by atoms with Crippen molar-refractivity contribution in [3.8, 4) is 0 Å². The van der Waals surface area contributed by atoms with Crippen molar-refractivity contribution in [3.63, 3.8) is 0 Å². The third-order valence-corrected chi connectivity index (χ3v) is 4.09. The molecule has 0 aromatic heterocycles. The molecule has 0 saturated heterocycles. The second kappa shape index (κ2) is 4.72. The van der Waals surface area contributed by atoms with Gasteiger partial charge >= 0.3 is 0 Å². The molecule has 1 rings (SSSR count). The SMILES string of the molecule is CCP(=O)(O)CCc1ccccc1F. The Morgan fingerprint density at radius 3 is 2.64 bits per heavy atom. The zero-order valence-corrected chi connectivity index (χ0v) is 9.01. The lowest BCUT2D eigenvalue weighted by molar-refractivity contribution is 0.478. The molecule has 0 heterocycles. The Morgan fingerprint density at radius 1 is 1.43 bits per heavy atom. The van der Waals surface area contributed by atoms with Crippen LogP contribution in [0, 0.1) is 5.82 Å². The van der Waals surface area contributed by atoms with E-state index in [0.29, 0.717) is 12.0 Å². The monoisotopic (exact) mass is 216 g/mol. The van der Waals surface area contributed by atoms with Gasteiger partial charge in [-0.15, -0.1) is 0 Å². The standard InChI is InChI=1S/C10H14FO2P/c1-2-14(12,13)8-7-9-5-3-4-6-10(9)11/h3-6H,2,7-8H2,1H3,(H,12,13). The van der Waals surface area contributed by atoms with Gasteiger partial charge in [-0.25, -0.2) is 4.39 Å². The molecule has 1 unspecified atom stereocenters. The van der Waals surface area contributed by atoms with Crippen molar-refractivity contribution in [3.05, 3.63) is 35.6 Å². The van der Waals surface area contributed by atoms with Crippen LogP contribution in [0.5, 0.6) is 0 Å². The number of benzene rings is 1. The van der Waals surface area contributed by atoms with Crippen LogP contribution in [0.1, 0.15) is 12.5 Å². The van der Waals surface area contributed by atoms with Crippen molar-refractivity contribution < 1.29 is 13.8 Å². The molecular formula is C10H14FO2P. The molecule has 0 aliphatic rings. The van der Waals surface area contributed by atoms with Crippen molar-refractivity contribution in [2.45, 2.75) is 13.3 Å². The molecule has 0 bridgehead atoms. The first kappa shape index (κ1) is 11.4. The molecule has 2 nitrogen and oxygen atoms in total. The second-order valence-electron chi connectivity index (χ2n) is 3.23. The van der Waals surface area contributed by atoms with Crippen LogP contribution in [-0.4, -0.2) is 17.2 Å². The van der Waals surface area contributed by atoms with E-state index in [-0.39, 0.29) is 18.1 Å². The fourth-order valence-corrected chi connectivity index (χ4v) is 2.06. The Balaban J connectivity index is 2.63. The van der Waals surface area contributed by atoms with Crippen molar-refractivity contribution >= 4 is 7.37 Å². The fraction of sp³-hybridized carbons (Fsp3) is 0.400. The summed E-state index contributed by atoms with van der Waals surface area (Å²) < 4.78 is 24.4. The minimum Gasteiger partial charge on any atom is -0.344 e. The minimum atomic E-state index is -3.03. The van der Waals surface area contributed by atoms with Gasteiger partial charge in [-0.2, -0.15) is 0 Å². The summed E-state index contributed by atoms with van der Waals surface area (Å²) in [4.78, 5) is 9.31. The molecule has 1 aromatic rings. The summed E-state index contributed by atoms with van der Waals surface area (Å²) in [6, 6.07) is 6.35. The lowest BCUT2D eigenvalue weighted by Crippen LogP contribution is -1.98. The molecule has 1 aromatic carbocycles. The van der Waals surface area contributed by atoms with E-state index in [4.69, 9.17) is 0 Å². The highest BCUT2D eigenvalue weighted by molar-refractivity contribution is 7.57. The predicted molar refractivity (Wildman–Crippen MR) is 55.3 cm³/mol. The van der Waals surface area contributed by atoms with Gasteiger partial charge in [-0.05, 0) is 18.1 Å². The Labute approximate surface area is 83.2 Å². The van der Waals surface area contributed by atoms with Gasteiger partial charge in [-0.3, -0.25) is 4.57 Å². The first-order chi connectivity index (χ1) is 6.55. The molecule has 0 aliphatic heterocycles. The fourth-order valence-electron chi connectivity index (χ4n) is 1.15. The Kier molecular flexibility index (Phi) is 3.85. The first-order valence-electron chi connectivity index (χ1n) is 4.59. The van der Waals surface area contributed by atoms with E-state index < -0.39 is 7.37 Å². The second-order valence-corrected chi connectivity index (χ2v) is 6.00. The smallest absolute Gasteiger partial charge is 0.200 e. The normalized spacial score (nSPS) is 15.1. The molecule has 0 radical (unpaired) electrons. The summed E-state index contributed by atoms with van der Waals surface area (Å²) >= 11 is 0. The molecule has 78 valence electrons. The minimum absolute atomic E-state index is 0.157. The van der Waals surface area contributed by atoms with Crippen molar-refractivity contribution in [2.75, 3.05) is 12.3 Å². The van der Waals surface area contributed by atoms with E-state index in [1.807, 2.05) is 0 Å². The number of hydrogen-bond donors (Lipinski definition) is 1. The van der Waals surface area contributed by atoms with Gasteiger partial charge in [0.25, 0.3) is 0 Å². The molecule has 0 amide bonds. The van der Waals surface area contributed by atoms with Crippen LogP contribution in [0.25, 0.3) is 0 Å². The molecule has 14 heavy (non-hydrogen) atoms. The largest absolute Gasteiger partial charge is 0.344 e. The summed E-state index contributed by atoms with van der Waals surface area (Å²) in [6.07, 6.45) is 0.736. The van der Waals surface area contributed by atoms with E-state index in [1.54, 1.807) is 25.1 Å². The molecule has 0 spiro atoms. The summed E-state index contributed by atoms with van der Waals surface area (Å²) in [5.74, 6) is -0.302. The molecule has 4 heteroatoms. The highest BCUT2D eigenvalue weighted by atomic mass is 31.2. The van der Waals surface area contributed by atoms with Gasteiger partial charge in [-0.1, -0.05) is 25.1 Å². The summed E-state index contributed by atoms with van der Waals surface area (Å²) in [5, 5.41) is 0. The predicted octanol–water partition coefficient (Wildman–Crippen LogP) is 2.66. The molecule has 0 fully saturated rings. The summed E-state index contributed by atoms with van der Waals surface area (Å²) in [7, 11) is -3.03. The maximum absolute atomic E-state index is 13.1. The molecule has 1 atom stereocenters. The number of halogens is 1. The zero-order valence-electron chi connectivity index (χ0n) is 8.11. The average Bonchev–Trinajstić information content (AvgIpc) is 2.17. The van der Waals surface area contributed by atoms with Crippen molar-refractivity contribution in [1.82, 2.24) is 0 Å². The zero-order chi connectivity index (χ0) is 10.6. The van der Waals surface area contributed by atoms with Gasteiger partial charge in [0.05, 0.1) is 0 Å². The van der Waals surface area contributed by atoms with Crippen LogP contribution >= 0.6 is 7.37 Å². The van der Waals surface area contributed by atoms with E-state index in [2.05, 4.69) is 0 Å². The first-order valence-corrected chi connectivity index (χ1v) is 6.62. The average molecular weight is 216 g/mol. The maximum atomic E-state index is 13.1. The topological polar surface area (TPSA) is 37.3 Å². The summed E-state index contributed by atoms with van der Waals surface area (Å²) in [5.41, 5.74) is 0.509. The number of aryl methyl sites for hydroxylation is 1. The third-order valence-electron chi connectivity index (χ3n) is 2.18. The lowest BCUT2D eigenvalue weighted by Gasteiger charge is -2.08. The van der Waals surface area contributed by atoms with Gasteiger partial charge in [0.15, 0.2) is 0 Å². The van der Waals surface area contributed by atoms with Crippen LogP contribution in [0.3, 0.4) is 0 Å². The molecule has 0 aliphatic carbocycles. The maximum Gasteiger partial charge on any atom is 0.200 e. The Hall–Kier alpha value is -0.660. The van der Waals surface area contributed by atoms with Gasteiger partial charge in [0.2, 0.25) is 7.37 Å². The Morgan fingerprint density at radius 2 is 2.07 bits per heavy atom. The van der Waals surface area contributed by atoms with Crippen LogP contribution in [0.4, 0.5) is 4.39 Å². The lowest BCUT2D eigenvalue weighted by atomic mass is 10.2. The van der Waals surface area contributed by atoms with Crippen LogP contribution < -0.4 is 0 Å². The van der Waals surface area contributed by atoms with Crippen LogP contribution in [-0.2, 0) is 11.0 Å². The van der Waals surface area contributed by atoms with Crippen LogP contribution in [0.2, 0.25) is 0 Å². The number of rotatable bonds is 4. The van der Waals surface area contributed by atoms with Gasteiger partial charge in [0, 0.05) is 12.3 Å².